The first-order valence-corrected chi connectivity index (χ1v) is 8.68. The van der Waals surface area contributed by atoms with E-state index in [9.17, 15) is 23.2 Å². The summed E-state index contributed by atoms with van der Waals surface area (Å²) >= 11 is 0. The summed E-state index contributed by atoms with van der Waals surface area (Å²) < 4.78 is 37.8. The van der Waals surface area contributed by atoms with E-state index in [1.165, 1.54) is 11.1 Å². The molecule has 0 bridgehead atoms. The van der Waals surface area contributed by atoms with E-state index in [1.807, 2.05) is 24.9 Å². The molecule has 1 amide bonds. The number of likely N-dealkylation sites (N-methyl/N-ethyl adjacent to an activating group) is 1. The molecule has 1 fully saturated rings. The molecule has 0 aromatic carbocycles. The van der Waals surface area contributed by atoms with Crippen molar-refractivity contribution in [2.24, 2.45) is 5.92 Å². The second-order valence-corrected chi connectivity index (χ2v) is 6.81. The number of nitrogens with zero attached hydrogens (tertiary/aromatic N) is 4. The van der Waals surface area contributed by atoms with E-state index in [0.717, 1.165) is 5.39 Å². The number of rotatable bonds is 4. The van der Waals surface area contributed by atoms with E-state index in [2.05, 4.69) is 16.0 Å². The lowest BCUT2D eigenvalue weighted by atomic mass is 9.98. The van der Waals surface area contributed by atoms with E-state index in [1.54, 1.807) is 6.20 Å². The van der Waals surface area contributed by atoms with Gasteiger partial charge in [-0.15, -0.1) is 0 Å². The Hall–Kier alpha value is -2.76. The highest BCUT2D eigenvalue weighted by Gasteiger charge is 2.41. The normalized spacial score (nSPS) is 20.1. The SMILES string of the molecule is CCC1CN(C(=O)CC(F)(F)F)CC1N(C)c1c(C#N)cnc2[nH]ccc12. The van der Waals surface area contributed by atoms with E-state index < -0.39 is 18.5 Å². The Labute approximate surface area is 154 Å². The van der Waals surface area contributed by atoms with Gasteiger partial charge >= 0.3 is 6.18 Å². The largest absolute Gasteiger partial charge is 0.397 e. The zero-order valence-electron chi connectivity index (χ0n) is 15.0. The van der Waals surface area contributed by atoms with Crippen LogP contribution in [0.3, 0.4) is 0 Å². The minimum Gasteiger partial charge on any atom is -0.368 e. The van der Waals surface area contributed by atoms with E-state index in [0.29, 0.717) is 23.3 Å². The molecule has 0 saturated carbocycles. The van der Waals surface area contributed by atoms with Gasteiger partial charge in [-0.05, 0) is 18.4 Å². The van der Waals surface area contributed by atoms with Gasteiger partial charge in [-0.2, -0.15) is 18.4 Å². The number of halogens is 3. The summed E-state index contributed by atoms with van der Waals surface area (Å²) in [5.41, 5.74) is 1.70. The maximum Gasteiger partial charge on any atom is 0.397 e. The minimum absolute atomic E-state index is 0.0147. The lowest BCUT2D eigenvalue weighted by Gasteiger charge is -2.31. The van der Waals surface area contributed by atoms with Crippen molar-refractivity contribution < 1.29 is 18.0 Å². The number of nitrogens with one attached hydrogen (secondary N) is 1. The van der Waals surface area contributed by atoms with Crippen LogP contribution in [0.4, 0.5) is 18.9 Å². The number of aromatic amines is 1. The molecule has 1 aliphatic rings. The Balaban J connectivity index is 1.90. The van der Waals surface area contributed by atoms with Gasteiger partial charge in [0.1, 0.15) is 18.1 Å². The molecule has 2 aromatic heterocycles. The van der Waals surface area contributed by atoms with Crippen LogP contribution < -0.4 is 4.90 Å². The molecule has 1 N–H and O–H groups in total. The Bertz CT molecular complexity index is 885. The Morgan fingerprint density at radius 1 is 1.48 bits per heavy atom. The Kier molecular flexibility index (Phi) is 5.00. The fourth-order valence-corrected chi connectivity index (χ4v) is 3.80. The number of aromatic nitrogens is 2. The van der Waals surface area contributed by atoms with Crippen LogP contribution in [0.1, 0.15) is 25.3 Å². The average molecular weight is 379 g/mol. The van der Waals surface area contributed by atoms with E-state index >= 15 is 0 Å². The molecular weight excluding hydrogens is 359 g/mol. The fourth-order valence-electron chi connectivity index (χ4n) is 3.80. The van der Waals surface area contributed by atoms with Crippen LogP contribution in [-0.4, -0.2) is 53.1 Å². The average Bonchev–Trinajstić information content (AvgIpc) is 3.25. The predicted molar refractivity (Wildman–Crippen MR) is 94.0 cm³/mol. The summed E-state index contributed by atoms with van der Waals surface area (Å²) in [5.74, 6) is -0.889. The molecular formula is C18H20F3N5O. The Morgan fingerprint density at radius 2 is 2.22 bits per heavy atom. The molecule has 6 nitrogen and oxygen atoms in total. The molecule has 0 aliphatic carbocycles. The third kappa shape index (κ3) is 3.70. The van der Waals surface area contributed by atoms with Gasteiger partial charge in [-0.25, -0.2) is 4.98 Å². The zero-order valence-corrected chi connectivity index (χ0v) is 15.0. The highest BCUT2D eigenvalue weighted by Crippen LogP contribution is 2.34. The van der Waals surface area contributed by atoms with Crippen LogP contribution in [0, 0.1) is 17.2 Å². The summed E-state index contributed by atoms with van der Waals surface area (Å²) in [7, 11) is 1.81. The van der Waals surface area contributed by atoms with Crippen LogP contribution in [0.2, 0.25) is 0 Å². The van der Waals surface area contributed by atoms with Crippen molar-refractivity contribution in [1.82, 2.24) is 14.9 Å². The van der Waals surface area contributed by atoms with E-state index in [4.69, 9.17) is 0 Å². The summed E-state index contributed by atoms with van der Waals surface area (Å²) in [6.45, 7) is 2.43. The quantitative estimate of drug-likeness (QED) is 0.886. The van der Waals surface area contributed by atoms with Gasteiger partial charge in [0.05, 0.1) is 17.3 Å². The molecule has 27 heavy (non-hydrogen) atoms. The topological polar surface area (TPSA) is 76.0 Å². The monoisotopic (exact) mass is 379 g/mol. The van der Waals surface area contributed by atoms with Crippen molar-refractivity contribution in [3.63, 3.8) is 0 Å². The minimum atomic E-state index is -4.51. The van der Waals surface area contributed by atoms with E-state index in [-0.39, 0.29) is 25.0 Å². The summed E-state index contributed by atoms with van der Waals surface area (Å²) in [4.78, 5) is 22.4. The van der Waals surface area contributed by atoms with Crippen LogP contribution in [-0.2, 0) is 4.79 Å². The van der Waals surface area contributed by atoms with Gasteiger partial charge in [0.15, 0.2) is 0 Å². The highest BCUT2D eigenvalue weighted by atomic mass is 19.4. The number of hydrogen-bond donors (Lipinski definition) is 1. The molecule has 144 valence electrons. The molecule has 0 spiro atoms. The first-order valence-electron chi connectivity index (χ1n) is 8.68. The molecule has 9 heteroatoms. The van der Waals surface area contributed by atoms with Gasteiger partial charge < -0.3 is 14.8 Å². The van der Waals surface area contributed by atoms with Crippen molar-refractivity contribution in [2.45, 2.75) is 32.0 Å². The first kappa shape index (κ1) is 19.0. The van der Waals surface area contributed by atoms with Gasteiger partial charge in [-0.1, -0.05) is 6.92 Å². The number of hydrogen-bond acceptors (Lipinski definition) is 4. The summed E-state index contributed by atoms with van der Waals surface area (Å²) in [6, 6.07) is 3.77. The molecule has 0 radical (unpaired) electrons. The number of alkyl halides is 3. The van der Waals surface area contributed by atoms with Crippen molar-refractivity contribution in [1.29, 1.82) is 5.26 Å². The highest BCUT2D eigenvalue weighted by molar-refractivity contribution is 5.93. The number of carbonyl (C=O) groups excluding carboxylic acids is 1. The van der Waals surface area contributed by atoms with Crippen LogP contribution >= 0.6 is 0 Å². The van der Waals surface area contributed by atoms with Crippen molar-refractivity contribution in [3.8, 4) is 6.07 Å². The molecule has 2 aromatic rings. The number of pyridine rings is 1. The maximum atomic E-state index is 12.6. The van der Waals surface area contributed by atoms with Gasteiger partial charge in [-0.3, -0.25) is 4.79 Å². The second kappa shape index (κ2) is 7.10. The zero-order chi connectivity index (χ0) is 19.8. The number of H-pyrrole nitrogens is 1. The lowest BCUT2D eigenvalue weighted by molar-refractivity contribution is -0.160. The van der Waals surface area contributed by atoms with Crippen molar-refractivity contribution in [3.05, 3.63) is 24.0 Å². The summed E-state index contributed by atoms with van der Waals surface area (Å²) in [5, 5.41) is 10.3. The number of anilines is 1. The van der Waals surface area contributed by atoms with Crippen LogP contribution in [0.25, 0.3) is 11.0 Å². The lowest BCUT2D eigenvalue weighted by Crippen LogP contribution is -2.40. The number of carbonyl (C=O) groups is 1. The Morgan fingerprint density at radius 3 is 2.85 bits per heavy atom. The fraction of sp³-hybridized carbons (Fsp3) is 0.500. The van der Waals surface area contributed by atoms with Crippen molar-refractivity contribution in [2.75, 3.05) is 25.0 Å². The predicted octanol–water partition coefficient (Wildman–Crippen LogP) is 3.06. The summed E-state index contributed by atoms with van der Waals surface area (Å²) in [6.07, 6.45) is -2.04. The molecule has 2 atom stereocenters. The van der Waals surface area contributed by atoms with Crippen LogP contribution in [0.15, 0.2) is 18.5 Å². The third-order valence-electron chi connectivity index (χ3n) is 5.16. The molecule has 1 saturated heterocycles. The number of nitriles is 1. The smallest absolute Gasteiger partial charge is 0.368 e. The van der Waals surface area contributed by atoms with Crippen molar-refractivity contribution >= 4 is 22.6 Å². The molecule has 3 heterocycles. The van der Waals surface area contributed by atoms with Crippen LogP contribution in [0.5, 0.6) is 0 Å². The second-order valence-electron chi connectivity index (χ2n) is 6.81. The van der Waals surface area contributed by atoms with Gasteiger partial charge in [0.25, 0.3) is 0 Å². The standard InChI is InChI=1S/C18H20F3N5O/c1-3-11-9-26(15(27)6-18(19,20)21)10-14(11)25(2)16-12(7-22)8-24-17-13(16)4-5-23-17/h4-5,8,11,14H,3,6,9-10H2,1-2H3,(H,23,24). The third-order valence-corrected chi connectivity index (χ3v) is 5.16. The molecule has 3 rings (SSSR count). The number of likely N-dealkylation sites (tertiary alicyclic amines) is 1. The molecule has 2 unspecified atom stereocenters. The maximum absolute atomic E-state index is 12.6. The number of fused-ring (bicyclic) bond motifs is 1. The molecule has 1 aliphatic heterocycles. The number of amides is 1. The first-order chi connectivity index (χ1) is 12.7. The van der Waals surface area contributed by atoms with Gasteiger partial charge in [0, 0.05) is 37.9 Å². The van der Waals surface area contributed by atoms with Gasteiger partial charge in [0.2, 0.25) is 5.91 Å².